The first-order valence-corrected chi connectivity index (χ1v) is 9.25. The Bertz CT molecular complexity index is 868. The fraction of sp³-hybridized carbons (Fsp3) is 0.550. The summed E-state index contributed by atoms with van der Waals surface area (Å²) in [6.45, 7) is 4.23. The highest BCUT2D eigenvalue weighted by atomic mass is 16.2. The minimum absolute atomic E-state index is 0.0226. The molecule has 1 aromatic heterocycles. The first-order chi connectivity index (χ1) is 12.0. The molecular formula is C20H24N4O. The smallest absolute Gasteiger partial charge is 0.230 e. The number of rotatable bonds is 4. The summed E-state index contributed by atoms with van der Waals surface area (Å²) in [5.74, 6) is 0.665. The van der Waals surface area contributed by atoms with Gasteiger partial charge in [0.1, 0.15) is 0 Å². The molecule has 2 aliphatic rings. The number of carbonyl (C=O) groups is 1. The summed E-state index contributed by atoms with van der Waals surface area (Å²) in [7, 11) is 0. The first-order valence-electron chi connectivity index (χ1n) is 9.25. The van der Waals surface area contributed by atoms with Gasteiger partial charge in [-0.15, -0.1) is 0 Å². The number of hydrogen-bond acceptors (Lipinski definition) is 3. The molecule has 4 rings (SSSR count). The normalized spacial score (nSPS) is 20.4. The summed E-state index contributed by atoms with van der Waals surface area (Å²) in [6.07, 6.45) is 6.84. The molecule has 0 radical (unpaired) electrons. The fourth-order valence-corrected chi connectivity index (χ4v) is 3.97. The second-order valence-corrected chi connectivity index (χ2v) is 7.92. The van der Waals surface area contributed by atoms with E-state index in [9.17, 15) is 10.1 Å². The van der Waals surface area contributed by atoms with Crippen molar-refractivity contribution in [3.05, 3.63) is 23.8 Å². The minimum atomic E-state index is -0.0226. The van der Waals surface area contributed by atoms with Crippen molar-refractivity contribution in [2.45, 2.75) is 58.4 Å². The standard InChI is InChI=1S/C20H24N4O/c1-13(20(2)9-4-10-20)18(25)23-19-22-16-8-7-14(12-21)11-17(16)24(19)15-5-3-6-15/h7-8,11,13,15H,3-6,9-10H2,1-2H3,(H,22,23,25)/t13-/m1/s1. The van der Waals surface area contributed by atoms with Crippen LogP contribution < -0.4 is 5.32 Å². The quantitative estimate of drug-likeness (QED) is 0.899. The average Bonchev–Trinajstić information content (AvgIpc) is 2.87. The maximum Gasteiger partial charge on any atom is 0.230 e. The average molecular weight is 336 g/mol. The number of fused-ring (bicyclic) bond motifs is 1. The van der Waals surface area contributed by atoms with Crippen LogP contribution in [-0.2, 0) is 4.79 Å². The lowest BCUT2D eigenvalue weighted by Gasteiger charge is -2.42. The summed E-state index contributed by atoms with van der Waals surface area (Å²) in [6, 6.07) is 8.10. The van der Waals surface area contributed by atoms with Crippen LogP contribution in [0.25, 0.3) is 11.0 Å². The first kappa shape index (κ1) is 16.1. The van der Waals surface area contributed by atoms with E-state index in [-0.39, 0.29) is 17.2 Å². The highest BCUT2D eigenvalue weighted by Crippen LogP contribution is 2.47. The van der Waals surface area contributed by atoms with Crippen molar-refractivity contribution >= 4 is 22.9 Å². The van der Waals surface area contributed by atoms with Gasteiger partial charge >= 0.3 is 0 Å². The van der Waals surface area contributed by atoms with Crippen LogP contribution >= 0.6 is 0 Å². The summed E-state index contributed by atoms with van der Waals surface area (Å²) < 4.78 is 2.13. The van der Waals surface area contributed by atoms with Crippen molar-refractivity contribution < 1.29 is 4.79 Å². The van der Waals surface area contributed by atoms with E-state index < -0.39 is 0 Å². The summed E-state index contributed by atoms with van der Waals surface area (Å²) >= 11 is 0. The monoisotopic (exact) mass is 336 g/mol. The van der Waals surface area contributed by atoms with Gasteiger partial charge in [-0.25, -0.2) is 4.98 Å². The van der Waals surface area contributed by atoms with Crippen LogP contribution in [0.4, 0.5) is 5.95 Å². The molecule has 0 aliphatic heterocycles. The number of imidazole rings is 1. The van der Waals surface area contributed by atoms with Crippen LogP contribution in [0.3, 0.4) is 0 Å². The zero-order valence-corrected chi connectivity index (χ0v) is 14.9. The van der Waals surface area contributed by atoms with Crippen LogP contribution in [0.15, 0.2) is 18.2 Å². The highest BCUT2D eigenvalue weighted by molar-refractivity contribution is 5.93. The minimum Gasteiger partial charge on any atom is -0.307 e. The molecule has 1 heterocycles. The zero-order chi connectivity index (χ0) is 17.6. The number of nitrogens with one attached hydrogen (secondary N) is 1. The molecule has 0 bridgehead atoms. The molecule has 1 N–H and O–H groups in total. The molecule has 2 fully saturated rings. The second-order valence-electron chi connectivity index (χ2n) is 7.92. The zero-order valence-electron chi connectivity index (χ0n) is 14.9. The van der Waals surface area contributed by atoms with E-state index >= 15 is 0 Å². The van der Waals surface area contributed by atoms with E-state index in [1.54, 1.807) is 6.07 Å². The van der Waals surface area contributed by atoms with Gasteiger partial charge in [-0.2, -0.15) is 5.26 Å². The Hall–Kier alpha value is -2.35. The lowest BCUT2D eigenvalue weighted by atomic mass is 9.63. The maximum absolute atomic E-state index is 12.8. The number of hydrogen-bond donors (Lipinski definition) is 1. The molecule has 1 aromatic carbocycles. The van der Waals surface area contributed by atoms with E-state index in [0.717, 1.165) is 36.7 Å². The van der Waals surface area contributed by atoms with E-state index in [1.165, 1.54) is 12.8 Å². The SMILES string of the molecule is C[C@H](C(=O)Nc1nc2ccc(C#N)cc2n1C1CCC1)C1(C)CCC1. The molecule has 130 valence electrons. The van der Waals surface area contributed by atoms with Crippen molar-refractivity contribution in [2.75, 3.05) is 5.32 Å². The Balaban J connectivity index is 1.68. The van der Waals surface area contributed by atoms with Gasteiger partial charge in [0.05, 0.1) is 22.7 Å². The van der Waals surface area contributed by atoms with Crippen molar-refractivity contribution in [1.82, 2.24) is 9.55 Å². The molecule has 0 spiro atoms. The third-order valence-corrected chi connectivity index (χ3v) is 6.43. The van der Waals surface area contributed by atoms with Gasteiger partial charge in [-0.1, -0.05) is 20.3 Å². The maximum atomic E-state index is 12.8. The third kappa shape index (κ3) is 2.60. The van der Waals surface area contributed by atoms with Crippen molar-refractivity contribution in [1.29, 1.82) is 5.26 Å². The third-order valence-electron chi connectivity index (χ3n) is 6.43. The lowest BCUT2D eigenvalue weighted by Crippen LogP contribution is -2.40. The Kier molecular flexibility index (Phi) is 3.79. The van der Waals surface area contributed by atoms with Crippen LogP contribution in [0.5, 0.6) is 0 Å². The number of carbonyl (C=O) groups excluding carboxylic acids is 1. The highest BCUT2D eigenvalue weighted by Gasteiger charge is 2.41. The predicted molar refractivity (Wildman–Crippen MR) is 97.1 cm³/mol. The van der Waals surface area contributed by atoms with E-state index in [1.807, 2.05) is 19.1 Å². The van der Waals surface area contributed by atoms with E-state index in [2.05, 4.69) is 27.9 Å². The molecule has 5 nitrogen and oxygen atoms in total. The molecule has 5 heteroatoms. The summed E-state index contributed by atoms with van der Waals surface area (Å²) in [5, 5.41) is 12.3. The number of anilines is 1. The molecule has 25 heavy (non-hydrogen) atoms. The molecule has 2 saturated carbocycles. The van der Waals surface area contributed by atoms with E-state index in [4.69, 9.17) is 0 Å². The van der Waals surface area contributed by atoms with Crippen molar-refractivity contribution in [3.8, 4) is 6.07 Å². The van der Waals surface area contributed by atoms with Crippen LogP contribution in [0, 0.1) is 22.7 Å². The molecule has 0 saturated heterocycles. The summed E-state index contributed by atoms with van der Waals surface area (Å²) in [5.41, 5.74) is 2.53. The summed E-state index contributed by atoms with van der Waals surface area (Å²) in [4.78, 5) is 17.5. The Morgan fingerprint density at radius 1 is 1.40 bits per heavy atom. The number of aromatic nitrogens is 2. The Morgan fingerprint density at radius 2 is 2.16 bits per heavy atom. The van der Waals surface area contributed by atoms with Gasteiger partial charge in [0.25, 0.3) is 0 Å². The second kappa shape index (κ2) is 5.87. The van der Waals surface area contributed by atoms with Crippen LogP contribution in [0.1, 0.15) is 64.0 Å². The lowest BCUT2D eigenvalue weighted by molar-refractivity contribution is -0.125. The molecule has 2 aliphatic carbocycles. The largest absolute Gasteiger partial charge is 0.307 e. The number of benzene rings is 1. The molecule has 0 unspecified atom stereocenters. The van der Waals surface area contributed by atoms with Crippen molar-refractivity contribution in [3.63, 3.8) is 0 Å². The topological polar surface area (TPSA) is 70.7 Å². The van der Waals surface area contributed by atoms with Gasteiger partial charge in [0.2, 0.25) is 11.9 Å². The van der Waals surface area contributed by atoms with Crippen molar-refractivity contribution in [2.24, 2.45) is 11.3 Å². The van der Waals surface area contributed by atoms with Gasteiger partial charge in [0, 0.05) is 12.0 Å². The molecular weight excluding hydrogens is 312 g/mol. The van der Waals surface area contributed by atoms with Gasteiger partial charge < -0.3 is 4.57 Å². The Morgan fingerprint density at radius 3 is 2.72 bits per heavy atom. The van der Waals surface area contributed by atoms with Crippen LogP contribution in [-0.4, -0.2) is 15.5 Å². The number of amides is 1. The van der Waals surface area contributed by atoms with E-state index in [0.29, 0.717) is 17.6 Å². The predicted octanol–water partition coefficient (Wildman–Crippen LogP) is 4.40. The van der Waals surface area contributed by atoms with Gasteiger partial charge in [-0.05, 0) is 55.7 Å². The van der Waals surface area contributed by atoms with Gasteiger partial charge in [0.15, 0.2) is 0 Å². The number of nitrogens with zero attached hydrogens (tertiary/aromatic N) is 3. The molecule has 1 amide bonds. The molecule has 2 aromatic rings. The van der Waals surface area contributed by atoms with Crippen LogP contribution in [0.2, 0.25) is 0 Å². The number of nitriles is 1. The Labute approximate surface area is 148 Å². The fourth-order valence-electron chi connectivity index (χ4n) is 3.97. The molecule has 1 atom stereocenters. The van der Waals surface area contributed by atoms with Gasteiger partial charge in [-0.3, -0.25) is 10.1 Å².